The van der Waals surface area contributed by atoms with Crippen LogP contribution in [0.15, 0.2) is 23.0 Å². The van der Waals surface area contributed by atoms with Gasteiger partial charge in [0.05, 0.1) is 11.0 Å². The molecule has 0 spiro atoms. The van der Waals surface area contributed by atoms with Crippen molar-refractivity contribution in [3.63, 3.8) is 0 Å². The van der Waals surface area contributed by atoms with Crippen molar-refractivity contribution in [3.05, 3.63) is 28.7 Å². The van der Waals surface area contributed by atoms with E-state index in [-0.39, 0.29) is 18.1 Å². The predicted octanol–water partition coefficient (Wildman–Crippen LogP) is -1.57. The van der Waals surface area contributed by atoms with Crippen LogP contribution in [0.5, 0.6) is 0 Å². The van der Waals surface area contributed by atoms with E-state index in [0.717, 1.165) is 11.0 Å². The molecule has 2 aromatic rings. The Bertz CT molecular complexity index is 556. The lowest BCUT2D eigenvalue weighted by atomic mass is 10.3. The quantitative estimate of drug-likeness (QED) is 0.645. The largest absolute Gasteiger partial charge is 1.00 e. The Morgan fingerprint density at radius 2 is 1.69 bits per heavy atom. The van der Waals surface area contributed by atoms with Gasteiger partial charge in [-0.25, -0.2) is 4.79 Å². The predicted molar refractivity (Wildman–Crippen MR) is 62.0 cm³/mol. The van der Waals surface area contributed by atoms with E-state index >= 15 is 0 Å². The molecule has 0 saturated carbocycles. The highest BCUT2D eigenvalue weighted by molar-refractivity contribution is 5.79. The molecule has 0 aliphatic heterocycles. The van der Waals surface area contributed by atoms with Crippen LogP contribution in [0.1, 0.15) is 13.8 Å². The number of hydrogen-bond acceptors (Lipinski definition) is 2. The van der Waals surface area contributed by atoms with E-state index in [2.05, 4.69) is 0 Å². The fraction of sp³-hybridized carbons (Fsp3) is 0.364. The molecule has 0 radical (unpaired) electrons. The van der Waals surface area contributed by atoms with Gasteiger partial charge in [0, 0.05) is 18.8 Å². The van der Waals surface area contributed by atoms with Crippen molar-refractivity contribution in [2.75, 3.05) is 5.73 Å². The number of benzene rings is 1. The van der Waals surface area contributed by atoms with Crippen LogP contribution < -0.4 is 23.8 Å². The van der Waals surface area contributed by atoms with Gasteiger partial charge in [-0.1, -0.05) is 0 Å². The summed E-state index contributed by atoms with van der Waals surface area (Å²) in [4.78, 5) is 11.9. The van der Waals surface area contributed by atoms with Crippen LogP contribution in [0.3, 0.4) is 0 Å². The first kappa shape index (κ1) is 12.6. The van der Waals surface area contributed by atoms with Crippen molar-refractivity contribution in [3.8, 4) is 0 Å². The van der Waals surface area contributed by atoms with Gasteiger partial charge in [0.1, 0.15) is 0 Å². The summed E-state index contributed by atoms with van der Waals surface area (Å²) in [7, 11) is 0. The summed E-state index contributed by atoms with van der Waals surface area (Å²) in [5.74, 6) is 0. The standard InChI is InChI=1S/C11H15N3O.ClH/c1-3-13-9-6-5-8(12)7-10(9)14(4-2)11(13)15;/h5-7H,3-4,12H2,1-2H3;1H/p-1. The number of nitrogens with two attached hydrogens (primary N) is 1. The highest BCUT2D eigenvalue weighted by Gasteiger charge is 2.10. The van der Waals surface area contributed by atoms with Crippen LogP contribution in [-0.2, 0) is 13.1 Å². The molecule has 1 aromatic carbocycles. The molecule has 0 fully saturated rings. The molecular formula is C11H15ClN3O-. The van der Waals surface area contributed by atoms with Gasteiger partial charge in [-0.05, 0) is 32.0 Å². The van der Waals surface area contributed by atoms with Crippen LogP contribution in [0, 0.1) is 0 Å². The first-order valence-electron chi connectivity index (χ1n) is 5.17. The third-order valence-corrected chi connectivity index (χ3v) is 2.68. The minimum absolute atomic E-state index is 0. The maximum Gasteiger partial charge on any atom is 0.329 e. The zero-order valence-electron chi connectivity index (χ0n) is 9.40. The zero-order chi connectivity index (χ0) is 11.0. The maximum atomic E-state index is 11.9. The third kappa shape index (κ3) is 1.69. The van der Waals surface area contributed by atoms with E-state index in [4.69, 9.17) is 5.73 Å². The smallest absolute Gasteiger partial charge is 0.329 e. The number of rotatable bonds is 2. The van der Waals surface area contributed by atoms with Gasteiger partial charge >= 0.3 is 5.69 Å². The minimum atomic E-state index is 0. The minimum Gasteiger partial charge on any atom is -1.00 e. The normalized spacial score (nSPS) is 10.4. The van der Waals surface area contributed by atoms with E-state index in [1.807, 2.05) is 32.0 Å². The fourth-order valence-electron chi connectivity index (χ4n) is 1.95. The Morgan fingerprint density at radius 3 is 2.25 bits per heavy atom. The summed E-state index contributed by atoms with van der Waals surface area (Å²) < 4.78 is 3.51. The van der Waals surface area contributed by atoms with E-state index in [0.29, 0.717) is 18.8 Å². The maximum absolute atomic E-state index is 11.9. The number of nitrogen functional groups attached to an aromatic ring is 1. The Labute approximate surface area is 100 Å². The van der Waals surface area contributed by atoms with Crippen molar-refractivity contribution in [1.82, 2.24) is 9.13 Å². The van der Waals surface area contributed by atoms with Gasteiger partial charge in [0.25, 0.3) is 0 Å². The number of fused-ring (bicyclic) bond motifs is 1. The molecule has 1 aromatic heterocycles. The van der Waals surface area contributed by atoms with Crippen LogP contribution in [0.2, 0.25) is 0 Å². The molecule has 0 saturated heterocycles. The van der Waals surface area contributed by atoms with E-state index in [1.165, 1.54) is 0 Å². The highest BCUT2D eigenvalue weighted by Crippen LogP contribution is 2.16. The Hall–Kier alpha value is -1.42. The second-order valence-electron chi connectivity index (χ2n) is 3.52. The number of anilines is 1. The molecule has 0 atom stereocenters. The topological polar surface area (TPSA) is 53.0 Å². The van der Waals surface area contributed by atoms with Crippen LogP contribution in [-0.4, -0.2) is 9.13 Å². The average molecular weight is 241 g/mol. The number of nitrogens with zero attached hydrogens (tertiary/aromatic N) is 2. The summed E-state index contributed by atoms with van der Waals surface area (Å²) in [6.07, 6.45) is 0. The molecule has 88 valence electrons. The first-order valence-corrected chi connectivity index (χ1v) is 5.17. The van der Waals surface area contributed by atoms with Crippen molar-refractivity contribution in [1.29, 1.82) is 0 Å². The van der Waals surface area contributed by atoms with Crippen molar-refractivity contribution in [2.45, 2.75) is 26.9 Å². The van der Waals surface area contributed by atoms with Gasteiger partial charge < -0.3 is 18.1 Å². The lowest BCUT2D eigenvalue weighted by Crippen LogP contribution is -3.00. The van der Waals surface area contributed by atoms with E-state index in [9.17, 15) is 4.79 Å². The SMILES string of the molecule is CCn1c(=O)n(CC)c2cc(N)ccc21.[Cl-]. The summed E-state index contributed by atoms with van der Waals surface area (Å²) in [6.45, 7) is 5.29. The Balaban J connectivity index is 0.00000128. The van der Waals surface area contributed by atoms with Gasteiger partial charge in [0.15, 0.2) is 0 Å². The van der Waals surface area contributed by atoms with Gasteiger partial charge in [-0.2, -0.15) is 0 Å². The third-order valence-electron chi connectivity index (χ3n) is 2.68. The molecule has 2 N–H and O–H groups in total. The van der Waals surface area contributed by atoms with Crippen LogP contribution in [0.4, 0.5) is 5.69 Å². The van der Waals surface area contributed by atoms with E-state index in [1.54, 1.807) is 9.13 Å². The van der Waals surface area contributed by atoms with Crippen molar-refractivity contribution >= 4 is 16.7 Å². The van der Waals surface area contributed by atoms with Crippen LogP contribution in [0.25, 0.3) is 11.0 Å². The lowest BCUT2D eigenvalue weighted by molar-refractivity contribution is -0.00000329. The molecule has 5 heteroatoms. The van der Waals surface area contributed by atoms with Gasteiger partial charge in [-0.15, -0.1) is 0 Å². The molecule has 0 amide bonds. The highest BCUT2D eigenvalue weighted by atomic mass is 35.5. The fourth-order valence-corrected chi connectivity index (χ4v) is 1.95. The summed E-state index contributed by atoms with van der Waals surface area (Å²) in [5, 5.41) is 0. The lowest BCUT2D eigenvalue weighted by Gasteiger charge is -1.98. The number of aryl methyl sites for hydroxylation is 2. The average Bonchev–Trinajstić information content (AvgIpc) is 2.48. The van der Waals surface area contributed by atoms with Gasteiger partial charge in [0.2, 0.25) is 0 Å². The molecule has 2 rings (SSSR count). The molecular weight excluding hydrogens is 226 g/mol. The number of halogens is 1. The summed E-state index contributed by atoms with van der Waals surface area (Å²) in [5.41, 5.74) is 8.34. The molecule has 16 heavy (non-hydrogen) atoms. The Morgan fingerprint density at radius 1 is 1.12 bits per heavy atom. The second-order valence-corrected chi connectivity index (χ2v) is 3.52. The number of aromatic nitrogens is 2. The van der Waals surface area contributed by atoms with Gasteiger partial charge in [-0.3, -0.25) is 9.13 Å². The monoisotopic (exact) mass is 240 g/mol. The zero-order valence-corrected chi connectivity index (χ0v) is 10.2. The molecule has 0 bridgehead atoms. The van der Waals surface area contributed by atoms with Crippen molar-refractivity contribution in [2.24, 2.45) is 0 Å². The first-order chi connectivity index (χ1) is 7.19. The summed E-state index contributed by atoms with van der Waals surface area (Å²) in [6, 6.07) is 5.59. The van der Waals surface area contributed by atoms with E-state index < -0.39 is 0 Å². The molecule has 4 nitrogen and oxygen atoms in total. The van der Waals surface area contributed by atoms with Crippen molar-refractivity contribution < 1.29 is 12.4 Å². The molecule has 0 aliphatic carbocycles. The molecule has 0 aliphatic rings. The number of hydrogen-bond donors (Lipinski definition) is 1. The second kappa shape index (κ2) is 4.61. The summed E-state index contributed by atoms with van der Waals surface area (Å²) >= 11 is 0. The molecule has 1 heterocycles. The molecule has 0 unspecified atom stereocenters. The van der Waals surface area contributed by atoms with Crippen LogP contribution >= 0.6 is 0 Å². The number of imidazole rings is 1. The Kier molecular flexibility index (Phi) is 3.65.